The maximum atomic E-state index is 11.0. The van der Waals surface area contributed by atoms with Gasteiger partial charge in [-0.25, -0.2) is 4.98 Å². The Morgan fingerprint density at radius 2 is 1.96 bits per heavy atom. The van der Waals surface area contributed by atoms with Gasteiger partial charge in [0.15, 0.2) is 5.11 Å². The molecule has 0 aliphatic carbocycles. The highest BCUT2D eigenvalue weighted by atomic mass is 32.1. The summed E-state index contributed by atoms with van der Waals surface area (Å²) in [6.45, 7) is 1.84. The second-order valence-electron chi connectivity index (χ2n) is 5.55. The van der Waals surface area contributed by atoms with Crippen LogP contribution in [0.3, 0.4) is 0 Å². The molecular weight excluding hydrogens is 364 g/mol. The molecule has 3 aromatic rings. The number of benzene rings is 2. The first-order chi connectivity index (χ1) is 13.0. The minimum absolute atomic E-state index is 0.0579. The average molecular weight is 380 g/mol. The topological polar surface area (TPSA) is 97.4 Å². The number of nitrogens with one attached hydrogen (secondary N) is 2. The summed E-state index contributed by atoms with van der Waals surface area (Å²) in [6.07, 6.45) is 5.31. The van der Waals surface area contributed by atoms with Crippen molar-refractivity contribution in [2.24, 2.45) is 5.10 Å². The molecule has 0 atom stereocenters. The van der Waals surface area contributed by atoms with Crippen LogP contribution >= 0.6 is 12.2 Å². The minimum Gasteiger partial charge on any atom is -0.326 e. The first-order valence-corrected chi connectivity index (χ1v) is 8.39. The van der Waals surface area contributed by atoms with Crippen molar-refractivity contribution >= 4 is 34.4 Å². The van der Waals surface area contributed by atoms with Gasteiger partial charge in [0.1, 0.15) is 5.69 Å². The summed E-state index contributed by atoms with van der Waals surface area (Å²) in [6, 6.07) is 14.1. The van der Waals surface area contributed by atoms with E-state index in [1.165, 1.54) is 6.07 Å². The summed E-state index contributed by atoms with van der Waals surface area (Å²) in [5.41, 5.74) is 5.58. The van der Waals surface area contributed by atoms with E-state index in [-0.39, 0.29) is 10.8 Å². The number of hydrazone groups is 1. The normalized spacial score (nSPS) is 11.1. The summed E-state index contributed by atoms with van der Waals surface area (Å²) < 4.78 is 1.90. The van der Waals surface area contributed by atoms with Crippen molar-refractivity contribution in [3.8, 4) is 5.69 Å². The van der Waals surface area contributed by atoms with E-state index in [0.29, 0.717) is 5.69 Å². The van der Waals surface area contributed by atoms with Crippen LogP contribution in [0.4, 0.5) is 11.4 Å². The molecule has 1 heterocycles. The van der Waals surface area contributed by atoms with Crippen LogP contribution in [0.5, 0.6) is 0 Å². The lowest BCUT2D eigenvalue weighted by Crippen LogP contribution is -2.25. The zero-order chi connectivity index (χ0) is 19.2. The second-order valence-corrected chi connectivity index (χ2v) is 5.96. The molecule has 1 aromatic heterocycles. The van der Waals surface area contributed by atoms with Crippen LogP contribution in [0.25, 0.3) is 5.69 Å². The number of rotatable bonds is 5. The number of para-hydroxylation sites is 2. The molecule has 0 radical (unpaired) electrons. The van der Waals surface area contributed by atoms with Gasteiger partial charge >= 0.3 is 0 Å². The molecule has 9 heteroatoms. The van der Waals surface area contributed by atoms with E-state index in [0.717, 1.165) is 17.0 Å². The van der Waals surface area contributed by atoms with E-state index >= 15 is 0 Å². The van der Waals surface area contributed by atoms with E-state index in [4.69, 9.17) is 12.2 Å². The molecule has 0 aliphatic rings. The van der Waals surface area contributed by atoms with Crippen molar-refractivity contribution in [1.29, 1.82) is 0 Å². The molecule has 27 heavy (non-hydrogen) atoms. The molecule has 0 amide bonds. The predicted molar refractivity (Wildman–Crippen MR) is 108 cm³/mol. The molecular formula is C18H16N6O2S. The SMILES string of the molecule is C/C(=N\NC(=S)Nc1ccccc1[N+](=O)[O-])c1ccc(-n2ccnc2)cc1. The van der Waals surface area contributed by atoms with E-state index < -0.39 is 4.92 Å². The standard InChI is InChI=1S/C18H16N6O2S/c1-13(14-6-8-15(9-7-14)23-11-10-19-12-23)21-22-18(27)20-16-4-2-3-5-17(16)24(25)26/h2-12H,1H3,(H2,20,22,27)/b21-13+. The van der Waals surface area contributed by atoms with Crippen molar-refractivity contribution in [2.45, 2.75) is 6.92 Å². The number of imidazole rings is 1. The van der Waals surface area contributed by atoms with Gasteiger partial charge in [-0.1, -0.05) is 24.3 Å². The zero-order valence-electron chi connectivity index (χ0n) is 14.4. The van der Waals surface area contributed by atoms with Crippen molar-refractivity contribution in [3.05, 3.63) is 82.9 Å². The van der Waals surface area contributed by atoms with E-state index in [1.54, 1.807) is 30.7 Å². The average Bonchev–Trinajstić information content (AvgIpc) is 3.21. The first kappa shape index (κ1) is 18.2. The Labute approximate surface area is 160 Å². The molecule has 136 valence electrons. The fourth-order valence-corrected chi connectivity index (χ4v) is 2.53. The van der Waals surface area contributed by atoms with Gasteiger partial charge in [0.05, 0.1) is 17.0 Å². The number of aromatic nitrogens is 2. The van der Waals surface area contributed by atoms with Crippen molar-refractivity contribution < 1.29 is 4.92 Å². The quantitative estimate of drug-likeness (QED) is 0.304. The van der Waals surface area contributed by atoms with Gasteiger partial charge in [-0.2, -0.15) is 5.10 Å². The third-order valence-corrected chi connectivity index (χ3v) is 3.96. The van der Waals surface area contributed by atoms with Crippen LogP contribution in [0, 0.1) is 10.1 Å². The summed E-state index contributed by atoms with van der Waals surface area (Å²) in [5.74, 6) is 0. The van der Waals surface area contributed by atoms with Crippen molar-refractivity contribution in [1.82, 2.24) is 15.0 Å². The van der Waals surface area contributed by atoms with Crippen LogP contribution in [0.1, 0.15) is 12.5 Å². The van der Waals surface area contributed by atoms with Gasteiger partial charge in [-0.05, 0) is 42.9 Å². The Hall–Kier alpha value is -3.59. The molecule has 2 aromatic carbocycles. The highest BCUT2D eigenvalue weighted by Gasteiger charge is 2.13. The van der Waals surface area contributed by atoms with Crippen LogP contribution in [-0.4, -0.2) is 25.3 Å². The smallest absolute Gasteiger partial charge is 0.292 e. The Morgan fingerprint density at radius 1 is 1.22 bits per heavy atom. The van der Waals surface area contributed by atoms with Gasteiger partial charge in [-0.15, -0.1) is 0 Å². The zero-order valence-corrected chi connectivity index (χ0v) is 15.2. The fourth-order valence-electron chi connectivity index (χ4n) is 2.37. The minimum atomic E-state index is -0.471. The van der Waals surface area contributed by atoms with Crippen molar-refractivity contribution in [3.63, 3.8) is 0 Å². The van der Waals surface area contributed by atoms with Gasteiger partial charge in [-0.3, -0.25) is 15.5 Å². The maximum Gasteiger partial charge on any atom is 0.292 e. The molecule has 8 nitrogen and oxygen atoms in total. The van der Waals surface area contributed by atoms with Crippen molar-refractivity contribution in [2.75, 3.05) is 5.32 Å². The van der Waals surface area contributed by atoms with Crippen LogP contribution in [0.2, 0.25) is 0 Å². The molecule has 3 rings (SSSR count). The number of thiocarbonyl (C=S) groups is 1. The Kier molecular flexibility index (Phi) is 5.53. The Balaban J connectivity index is 1.65. The molecule has 2 N–H and O–H groups in total. The van der Waals surface area contributed by atoms with Crippen LogP contribution in [0.15, 0.2) is 72.4 Å². The van der Waals surface area contributed by atoms with Gasteiger partial charge in [0.25, 0.3) is 5.69 Å². The number of hydrogen-bond donors (Lipinski definition) is 2. The third-order valence-electron chi connectivity index (χ3n) is 3.76. The van der Waals surface area contributed by atoms with Gasteiger partial charge < -0.3 is 9.88 Å². The number of nitrogens with zero attached hydrogens (tertiary/aromatic N) is 4. The maximum absolute atomic E-state index is 11.0. The van der Waals surface area contributed by atoms with Crippen LogP contribution in [-0.2, 0) is 0 Å². The van der Waals surface area contributed by atoms with Crippen LogP contribution < -0.4 is 10.7 Å². The van der Waals surface area contributed by atoms with E-state index in [9.17, 15) is 10.1 Å². The second kappa shape index (κ2) is 8.19. The lowest BCUT2D eigenvalue weighted by molar-refractivity contribution is -0.383. The van der Waals surface area contributed by atoms with Gasteiger partial charge in [0.2, 0.25) is 0 Å². The predicted octanol–water partition coefficient (Wildman–Crippen LogP) is 3.49. The molecule has 0 unspecified atom stereocenters. The summed E-state index contributed by atoms with van der Waals surface area (Å²) in [5, 5.41) is 18.2. The first-order valence-electron chi connectivity index (χ1n) is 7.98. The molecule has 0 saturated heterocycles. The molecule has 0 saturated carbocycles. The number of nitro benzene ring substituents is 1. The molecule has 0 fully saturated rings. The summed E-state index contributed by atoms with van der Waals surface area (Å²) >= 11 is 5.16. The monoisotopic (exact) mass is 380 g/mol. The number of hydrogen-bond acceptors (Lipinski definition) is 5. The van der Waals surface area contributed by atoms with E-state index in [2.05, 4.69) is 20.8 Å². The summed E-state index contributed by atoms with van der Waals surface area (Å²) in [4.78, 5) is 14.6. The summed E-state index contributed by atoms with van der Waals surface area (Å²) in [7, 11) is 0. The van der Waals surface area contributed by atoms with Gasteiger partial charge in [0, 0.05) is 24.1 Å². The lowest BCUT2D eigenvalue weighted by Gasteiger charge is -2.09. The Morgan fingerprint density at radius 3 is 2.63 bits per heavy atom. The number of anilines is 1. The molecule has 0 spiro atoms. The lowest BCUT2D eigenvalue weighted by atomic mass is 10.1. The Bertz CT molecular complexity index is 983. The third kappa shape index (κ3) is 4.53. The molecule has 0 bridgehead atoms. The fraction of sp³-hybridized carbons (Fsp3) is 0.0556. The largest absolute Gasteiger partial charge is 0.326 e. The molecule has 0 aliphatic heterocycles. The number of nitro groups is 1. The highest BCUT2D eigenvalue weighted by Crippen LogP contribution is 2.22. The van der Waals surface area contributed by atoms with E-state index in [1.807, 2.05) is 42.0 Å². The highest BCUT2D eigenvalue weighted by molar-refractivity contribution is 7.80.